The number of aromatic nitrogens is 5. The normalized spacial score (nSPS) is 11.6. The Hall–Kier alpha value is -6.15. The fraction of sp³-hybridized carbons (Fsp3) is 0. The topological polar surface area (TPSA) is 64.5 Å². The number of benzene rings is 6. The molecule has 50 heavy (non-hydrogen) atoms. The van der Waals surface area contributed by atoms with Crippen LogP contribution in [0.4, 0.5) is 0 Å². The maximum atomic E-state index is 5.31. The summed E-state index contributed by atoms with van der Waals surface area (Å²) in [5.41, 5.74) is 6.66. The lowest BCUT2D eigenvalue weighted by atomic mass is 10.0. The number of hydrogen-bond donors (Lipinski definition) is 0. The highest BCUT2D eigenvalue weighted by Gasteiger charge is 2.21. The SMILES string of the molecule is c1ccc(-c2nc(-c3ccccc3)nc(-c3cc(-c4nc(-c5ccccc5)c5sc6ccccc6c5n4)cc4sc5ccccc5c34)n2)cc1. The lowest BCUT2D eigenvalue weighted by Crippen LogP contribution is -2.01. The monoisotopic (exact) mass is 675 g/mol. The Morgan fingerprint density at radius 3 is 1.54 bits per heavy atom. The lowest BCUT2D eigenvalue weighted by Gasteiger charge is -2.12. The molecule has 5 nitrogen and oxygen atoms in total. The first kappa shape index (κ1) is 28.8. The van der Waals surface area contributed by atoms with Crippen LogP contribution >= 0.6 is 22.7 Å². The van der Waals surface area contributed by atoms with Crippen molar-refractivity contribution in [3.05, 3.63) is 152 Å². The molecule has 0 spiro atoms. The van der Waals surface area contributed by atoms with E-state index in [2.05, 4.69) is 84.9 Å². The molecule has 0 saturated heterocycles. The van der Waals surface area contributed by atoms with E-state index in [0.717, 1.165) is 59.2 Å². The molecule has 10 aromatic rings. The molecule has 0 aliphatic rings. The van der Waals surface area contributed by atoms with E-state index in [1.54, 1.807) is 22.7 Å². The highest BCUT2D eigenvalue weighted by atomic mass is 32.1. The van der Waals surface area contributed by atoms with Gasteiger partial charge >= 0.3 is 0 Å². The summed E-state index contributed by atoms with van der Waals surface area (Å²) in [7, 11) is 0. The van der Waals surface area contributed by atoms with E-state index in [9.17, 15) is 0 Å². The maximum absolute atomic E-state index is 5.31. The van der Waals surface area contributed by atoms with E-state index < -0.39 is 0 Å². The molecular formula is C43H25N5S2. The second kappa shape index (κ2) is 11.8. The summed E-state index contributed by atoms with van der Waals surface area (Å²) >= 11 is 3.51. The van der Waals surface area contributed by atoms with Crippen molar-refractivity contribution < 1.29 is 0 Å². The van der Waals surface area contributed by atoms with E-state index in [0.29, 0.717) is 23.3 Å². The molecule has 10 rings (SSSR count). The fourth-order valence-electron chi connectivity index (χ4n) is 6.60. The minimum Gasteiger partial charge on any atom is -0.226 e. The highest BCUT2D eigenvalue weighted by molar-refractivity contribution is 7.26. The minimum absolute atomic E-state index is 0.610. The summed E-state index contributed by atoms with van der Waals surface area (Å²) in [6, 6.07) is 52.0. The van der Waals surface area contributed by atoms with Gasteiger partial charge in [-0.25, -0.2) is 24.9 Å². The number of fused-ring (bicyclic) bond motifs is 6. The van der Waals surface area contributed by atoms with Gasteiger partial charge in [0.2, 0.25) is 0 Å². The van der Waals surface area contributed by atoms with Gasteiger partial charge in [-0.05, 0) is 24.3 Å². The van der Waals surface area contributed by atoms with E-state index >= 15 is 0 Å². The summed E-state index contributed by atoms with van der Waals surface area (Å²) in [5, 5.41) is 3.42. The Bertz CT molecular complexity index is 2810. The van der Waals surface area contributed by atoms with Crippen molar-refractivity contribution in [3.8, 4) is 56.8 Å². The third-order valence-electron chi connectivity index (χ3n) is 8.94. The number of hydrogen-bond acceptors (Lipinski definition) is 7. The third kappa shape index (κ3) is 4.86. The van der Waals surface area contributed by atoms with Crippen LogP contribution in [0.3, 0.4) is 0 Å². The first-order valence-electron chi connectivity index (χ1n) is 16.3. The number of nitrogens with zero attached hydrogens (tertiary/aromatic N) is 5. The Morgan fingerprint density at radius 2 is 0.880 bits per heavy atom. The first-order chi connectivity index (χ1) is 24.8. The molecule has 4 aromatic heterocycles. The number of rotatable bonds is 5. The van der Waals surface area contributed by atoms with Crippen molar-refractivity contribution >= 4 is 63.1 Å². The predicted octanol–water partition coefficient (Wildman–Crippen LogP) is 11.7. The molecule has 4 heterocycles. The summed E-state index contributed by atoms with van der Waals surface area (Å²) in [4.78, 5) is 25.9. The molecule has 0 radical (unpaired) electrons. The molecule has 0 atom stereocenters. The van der Waals surface area contributed by atoms with Crippen molar-refractivity contribution in [3.63, 3.8) is 0 Å². The molecule has 0 unspecified atom stereocenters. The molecule has 7 heteroatoms. The Morgan fingerprint density at radius 1 is 0.360 bits per heavy atom. The molecular weight excluding hydrogens is 651 g/mol. The average Bonchev–Trinajstić information content (AvgIpc) is 3.76. The predicted molar refractivity (Wildman–Crippen MR) is 208 cm³/mol. The van der Waals surface area contributed by atoms with E-state index in [1.807, 2.05) is 66.7 Å². The van der Waals surface area contributed by atoms with Gasteiger partial charge < -0.3 is 0 Å². The summed E-state index contributed by atoms with van der Waals surface area (Å²) in [6.07, 6.45) is 0. The molecule has 0 aliphatic carbocycles. The second-order valence-corrected chi connectivity index (χ2v) is 14.2. The molecule has 0 fully saturated rings. The number of thiophene rings is 2. The summed E-state index contributed by atoms with van der Waals surface area (Å²) in [6.45, 7) is 0. The molecule has 0 amide bonds. The minimum atomic E-state index is 0.610. The van der Waals surface area contributed by atoms with Crippen LogP contribution in [-0.2, 0) is 0 Å². The second-order valence-electron chi connectivity index (χ2n) is 12.1. The van der Waals surface area contributed by atoms with Gasteiger partial charge in [0.25, 0.3) is 0 Å². The quantitative estimate of drug-likeness (QED) is 0.182. The van der Waals surface area contributed by atoms with E-state index in [1.165, 1.54) is 14.8 Å². The molecule has 0 N–H and O–H groups in total. The van der Waals surface area contributed by atoms with Crippen LogP contribution in [0.25, 0.3) is 97.3 Å². The Balaban J connectivity index is 1.28. The van der Waals surface area contributed by atoms with Gasteiger partial charge in [0.15, 0.2) is 23.3 Å². The summed E-state index contributed by atoms with van der Waals surface area (Å²) in [5.74, 6) is 2.53. The molecule has 6 aromatic carbocycles. The van der Waals surface area contributed by atoms with E-state index in [-0.39, 0.29) is 0 Å². The van der Waals surface area contributed by atoms with Gasteiger partial charge in [0.05, 0.1) is 15.9 Å². The van der Waals surface area contributed by atoms with Gasteiger partial charge in [0.1, 0.15) is 0 Å². The van der Waals surface area contributed by atoms with Crippen LogP contribution in [0.2, 0.25) is 0 Å². The van der Waals surface area contributed by atoms with E-state index in [4.69, 9.17) is 24.9 Å². The van der Waals surface area contributed by atoms with Crippen molar-refractivity contribution in [1.29, 1.82) is 0 Å². The summed E-state index contributed by atoms with van der Waals surface area (Å²) < 4.78 is 4.61. The van der Waals surface area contributed by atoms with Crippen LogP contribution in [-0.4, -0.2) is 24.9 Å². The fourth-order valence-corrected chi connectivity index (χ4v) is 8.93. The maximum Gasteiger partial charge on any atom is 0.164 e. The van der Waals surface area contributed by atoms with Gasteiger partial charge in [-0.15, -0.1) is 22.7 Å². The molecule has 234 valence electrons. The Labute approximate surface area is 295 Å². The van der Waals surface area contributed by atoms with Crippen LogP contribution in [0.5, 0.6) is 0 Å². The highest BCUT2D eigenvalue weighted by Crippen LogP contribution is 2.44. The van der Waals surface area contributed by atoms with Crippen molar-refractivity contribution in [1.82, 2.24) is 24.9 Å². The average molecular weight is 676 g/mol. The third-order valence-corrected chi connectivity index (χ3v) is 11.2. The lowest BCUT2D eigenvalue weighted by molar-refractivity contribution is 1.08. The standard InChI is InChI=1S/C43H25N5S2/c1-4-14-26(15-5-1)37-39-38(31-21-11-13-23-34(31)50-39)45-42(44-37)29-24-32(36-30-20-10-12-22-33(30)49-35(36)25-29)43-47-40(27-16-6-2-7-17-27)46-41(48-43)28-18-8-3-9-19-28/h1-25H. The van der Waals surface area contributed by atoms with Crippen molar-refractivity contribution in [2.75, 3.05) is 0 Å². The Kier molecular flexibility index (Phi) is 6.79. The zero-order valence-electron chi connectivity index (χ0n) is 26.5. The van der Waals surface area contributed by atoms with Crippen molar-refractivity contribution in [2.45, 2.75) is 0 Å². The van der Waals surface area contributed by atoms with Gasteiger partial charge in [-0.3, -0.25) is 0 Å². The largest absolute Gasteiger partial charge is 0.226 e. The van der Waals surface area contributed by atoms with Crippen LogP contribution in [0, 0.1) is 0 Å². The van der Waals surface area contributed by atoms with Crippen LogP contribution in [0.1, 0.15) is 0 Å². The molecule has 0 bridgehead atoms. The van der Waals surface area contributed by atoms with Crippen LogP contribution < -0.4 is 0 Å². The zero-order chi connectivity index (χ0) is 33.0. The smallest absolute Gasteiger partial charge is 0.164 e. The zero-order valence-corrected chi connectivity index (χ0v) is 28.1. The first-order valence-corrected chi connectivity index (χ1v) is 18.0. The van der Waals surface area contributed by atoms with Gasteiger partial charge in [0, 0.05) is 58.1 Å². The van der Waals surface area contributed by atoms with Gasteiger partial charge in [-0.1, -0.05) is 127 Å². The molecule has 0 aliphatic heterocycles. The van der Waals surface area contributed by atoms with Gasteiger partial charge in [-0.2, -0.15) is 0 Å². The van der Waals surface area contributed by atoms with Crippen molar-refractivity contribution in [2.24, 2.45) is 0 Å². The molecule has 0 saturated carbocycles. The van der Waals surface area contributed by atoms with Crippen LogP contribution in [0.15, 0.2) is 152 Å².